The van der Waals surface area contributed by atoms with E-state index in [0.29, 0.717) is 9.13 Å². The number of aromatic nitrogens is 1. The first-order chi connectivity index (χ1) is 6.97. The second-order valence-corrected chi connectivity index (χ2v) is 4.33. The Morgan fingerprint density at radius 2 is 2.27 bits per heavy atom. The number of alkyl halides is 3. The lowest BCUT2D eigenvalue weighted by atomic mass is 10.2. The Kier molecular flexibility index (Phi) is 4.38. The van der Waals surface area contributed by atoms with Gasteiger partial charge in [0.05, 0.1) is 0 Å². The van der Waals surface area contributed by atoms with E-state index in [9.17, 15) is 13.6 Å². The van der Waals surface area contributed by atoms with Crippen LogP contribution in [0.4, 0.5) is 8.78 Å². The number of nitrogens with zero attached hydrogens (tertiary/aromatic N) is 1. The summed E-state index contributed by atoms with van der Waals surface area (Å²) in [6.45, 7) is 0. The predicted octanol–water partition coefficient (Wildman–Crippen LogP) is 3.22. The molecule has 0 bridgehead atoms. The molecule has 7 heteroatoms. The van der Waals surface area contributed by atoms with Gasteiger partial charge in [-0.05, 0) is 34.2 Å². The number of rotatable bonds is 3. The fourth-order valence-electron chi connectivity index (χ4n) is 0.987. The lowest BCUT2D eigenvalue weighted by Gasteiger charge is -2.08. The van der Waals surface area contributed by atoms with E-state index >= 15 is 0 Å². The van der Waals surface area contributed by atoms with Gasteiger partial charge < -0.3 is 5.11 Å². The smallest absolute Gasteiger partial charge is 0.355 e. The molecule has 1 aromatic heterocycles. The molecular weight excluding hydrogens is 387 g/mol. The third-order valence-electron chi connectivity index (χ3n) is 1.64. The van der Waals surface area contributed by atoms with Gasteiger partial charge in [0.2, 0.25) is 0 Å². The van der Waals surface area contributed by atoms with Crippen LogP contribution in [-0.2, 0) is 5.33 Å². The summed E-state index contributed by atoms with van der Waals surface area (Å²) in [5.41, 5.74) is -0.514. The number of hydrogen-bond donors (Lipinski definition) is 1. The number of carboxylic acid groups (broad SMARTS) is 1. The van der Waals surface area contributed by atoms with Crippen molar-refractivity contribution in [3.63, 3.8) is 0 Å². The van der Waals surface area contributed by atoms with E-state index in [0.717, 1.165) is 0 Å². The SMILES string of the molecule is O=C(O)c1nc(C(F)F)c(CBr)cc1I. The maximum Gasteiger partial charge on any atom is 0.355 e. The van der Waals surface area contributed by atoms with Crippen LogP contribution < -0.4 is 0 Å². The predicted molar refractivity (Wildman–Crippen MR) is 61.5 cm³/mol. The summed E-state index contributed by atoms with van der Waals surface area (Å²) in [6.07, 6.45) is -2.77. The van der Waals surface area contributed by atoms with Crippen LogP contribution in [0.5, 0.6) is 0 Å². The number of hydrogen-bond acceptors (Lipinski definition) is 2. The second-order valence-electron chi connectivity index (χ2n) is 2.60. The Labute approximate surface area is 106 Å². The zero-order valence-electron chi connectivity index (χ0n) is 7.18. The average molecular weight is 392 g/mol. The minimum atomic E-state index is -2.77. The molecule has 0 saturated heterocycles. The van der Waals surface area contributed by atoms with Gasteiger partial charge in [-0.2, -0.15) is 0 Å². The highest BCUT2D eigenvalue weighted by Gasteiger charge is 2.20. The van der Waals surface area contributed by atoms with Gasteiger partial charge in [0.15, 0.2) is 5.69 Å². The van der Waals surface area contributed by atoms with E-state index < -0.39 is 18.1 Å². The van der Waals surface area contributed by atoms with Gasteiger partial charge in [-0.1, -0.05) is 15.9 Å². The van der Waals surface area contributed by atoms with Crippen molar-refractivity contribution in [3.05, 3.63) is 26.6 Å². The van der Waals surface area contributed by atoms with E-state index in [4.69, 9.17) is 5.11 Å². The molecule has 0 amide bonds. The molecule has 0 aliphatic heterocycles. The summed E-state index contributed by atoms with van der Waals surface area (Å²) in [5.74, 6) is -1.30. The molecule has 15 heavy (non-hydrogen) atoms. The normalized spacial score (nSPS) is 10.7. The van der Waals surface area contributed by atoms with Crippen molar-refractivity contribution in [2.24, 2.45) is 0 Å². The Morgan fingerprint density at radius 1 is 1.67 bits per heavy atom. The average Bonchev–Trinajstić information content (AvgIpc) is 2.16. The Morgan fingerprint density at radius 3 is 2.67 bits per heavy atom. The van der Waals surface area contributed by atoms with E-state index in [-0.39, 0.29) is 11.0 Å². The van der Waals surface area contributed by atoms with Crippen LogP contribution in [0, 0.1) is 3.57 Å². The van der Waals surface area contributed by atoms with Crippen LogP contribution in [0.25, 0.3) is 0 Å². The summed E-state index contributed by atoms with van der Waals surface area (Å²) in [4.78, 5) is 14.1. The van der Waals surface area contributed by atoms with E-state index in [1.807, 2.05) is 0 Å². The first-order valence-corrected chi connectivity index (χ1v) is 5.94. The molecule has 3 nitrogen and oxygen atoms in total. The van der Waals surface area contributed by atoms with Crippen molar-refractivity contribution in [2.75, 3.05) is 0 Å². The second kappa shape index (κ2) is 5.15. The first kappa shape index (κ1) is 12.8. The Bertz CT molecular complexity index is 400. The summed E-state index contributed by atoms with van der Waals surface area (Å²) in [7, 11) is 0. The standard InChI is InChI=1S/C8H5BrF2INO2/c9-2-3-1-4(12)6(8(14)15)13-5(3)7(10)11/h1,7H,2H2,(H,14,15). The van der Waals surface area contributed by atoms with Gasteiger partial charge in [0.25, 0.3) is 6.43 Å². The fraction of sp³-hybridized carbons (Fsp3) is 0.250. The third kappa shape index (κ3) is 2.83. The van der Waals surface area contributed by atoms with Gasteiger partial charge in [0.1, 0.15) is 5.69 Å². The van der Waals surface area contributed by atoms with Gasteiger partial charge in [-0.15, -0.1) is 0 Å². The zero-order valence-corrected chi connectivity index (χ0v) is 10.9. The van der Waals surface area contributed by atoms with Crippen LogP contribution in [0.2, 0.25) is 0 Å². The van der Waals surface area contributed by atoms with Crippen molar-refractivity contribution in [1.29, 1.82) is 0 Å². The molecule has 0 spiro atoms. The number of carbonyl (C=O) groups is 1. The molecule has 82 valence electrons. The molecule has 0 aliphatic carbocycles. The van der Waals surface area contributed by atoms with Crippen LogP contribution in [-0.4, -0.2) is 16.1 Å². The van der Waals surface area contributed by atoms with E-state index in [1.54, 1.807) is 22.6 Å². The first-order valence-electron chi connectivity index (χ1n) is 3.74. The molecule has 0 saturated carbocycles. The lowest BCUT2D eigenvalue weighted by molar-refractivity contribution is 0.0687. The van der Waals surface area contributed by atoms with Gasteiger partial charge in [-0.3, -0.25) is 0 Å². The van der Waals surface area contributed by atoms with Crippen LogP contribution >= 0.6 is 38.5 Å². The van der Waals surface area contributed by atoms with E-state index in [2.05, 4.69) is 20.9 Å². The molecule has 0 fully saturated rings. The highest BCUT2D eigenvalue weighted by Crippen LogP contribution is 2.25. The van der Waals surface area contributed by atoms with Crippen molar-refractivity contribution >= 4 is 44.5 Å². The zero-order chi connectivity index (χ0) is 11.6. The summed E-state index contributed by atoms with van der Waals surface area (Å²) >= 11 is 4.80. The summed E-state index contributed by atoms with van der Waals surface area (Å²) in [6, 6.07) is 1.40. The van der Waals surface area contributed by atoms with Crippen molar-refractivity contribution in [3.8, 4) is 0 Å². The topological polar surface area (TPSA) is 50.2 Å². The fourth-order valence-corrected chi connectivity index (χ4v) is 2.16. The molecule has 0 unspecified atom stereocenters. The Balaban J connectivity index is 3.37. The number of aromatic carboxylic acids is 1. The maximum atomic E-state index is 12.5. The minimum absolute atomic E-state index is 0.218. The molecule has 0 aromatic carbocycles. The number of halogens is 4. The lowest BCUT2D eigenvalue weighted by Crippen LogP contribution is -2.08. The molecule has 1 rings (SSSR count). The largest absolute Gasteiger partial charge is 0.476 e. The van der Waals surface area contributed by atoms with Crippen LogP contribution in [0.15, 0.2) is 6.07 Å². The van der Waals surface area contributed by atoms with Gasteiger partial charge >= 0.3 is 5.97 Å². The highest BCUT2D eigenvalue weighted by molar-refractivity contribution is 14.1. The van der Waals surface area contributed by atoms with Crippen LogP contribution in [0.3, 0.4) is 0 Å². The quantitative estimate of drug-likeness (QED) is 0.635. The Hall–Kier alpha value is -0.310. The number of carboxylic acids is 1. The monoisotopic (exact) mass is 391 g/mol. The third-order valence-corrected chi connectivity index (χ3v) is 3.07. The van der Waals surface area contributed by atoms with Gasteiger partial charge in [-0.25, -0.2) is 18.6 Å². The van der Waals surface area contributed by atoms with E-state index in [1.165, 1.54) is 6.07 Å². The minimum Gasteiger partial charge on any atom is -0.476 e. The van der Waals surface area contributed by atoms with Crippen molar-refractivity contribution in [1.82, 2.24) is 4.98 Å². The van der Waals surface area contributed by atoms with Gasteiger partial charge in [0, 0.05) is 8.90 Å². The molecule has 0 radical (unpaired) electrons. The molecule has 0 aliphatic rings. The highest BCUT2D eigenvalue weighted by atomic mass is 127. The number of pyridine rings is 1. The molecular formula is C8H5BrF2INO2. The molecule has 1 aromatic rings. The van der Waals surface area contributed by atoms with Crippen molar-refractivity contribution < 1.29 is 18.7 Å². The van der Waals surface area contributed by atoms with Crippen LogP contribution in [0.1, 0.15) is 28.2 Å². The maximum absolute atomic E-state index is 12.5. The summed E-state index contributed by atoms with van der Waals surface area (Å²) in [5, 5.41) is 8.93. The molecule has 1 heterocycles. The summed E-state index contributed by atoms with van der Waals surface area (Å²) < 4.78 is 25.4. The molecule has 0 atom stereocenters. The molecule has 1 N–H and O–H groups in total. The van der Waals surface area contributed by atoms with Crippen molar-refractivity contribution in [2.45, 2.75) is 11.8 Å².